The summed E-state index contributed by atoms with van der Waals surface area (Å²) < 4.78 is 5.29. The fourth-order valence-electron chi connectivity index (χ4n) is 3.11. The smallest absolute Gasteiger partial charge is 0.287 e. The minimum atomic E-state index is -0.126. The number of nitrogens with one attached hydrogen (secondary N) is 1. The van der Waals surface area contributed by atoms with Gasteiger partial charge in [0, 0.05) is 17.0 Å². The number of hydrogen-bond donors (Lipinski definition) is 1. The molecule has 3 heterocycles. The number of hydrogen-bond acceptors (Lipinski definition) is 4. The Kier molecular flexibility index (Phi) is 5.18. The number of rotatable bonds is 5. The van der Waals surface area contributed by atoms with E-state index in [9.17, 15) is 4.79 Å². The molecule has 0 aliphatic carbocycles. The summed E-state index contributed by atoms with van der Waals surface area (Å²) in [7, 11) is 0. The van der Waals surface area contributed by atoms with Crippen molar-refractivity contribution in [2.75, 3.05) is 19.6 Å². The summed E-state index contributed by atoms with van der Waals surface area (Å²) in [6.45, 7) is 7.02. The second-order valence-electron chi connectivity index (χ2n) is 6.39. The van der Waals surface area contributed by atoms with Gasteiger partial charge < -0.3 is 9.73 Å². The number of thiophene rings is 1. The summed E-state index contributed by atoms with van der Waals surface area (Å²) in [5, 5.41) is 5.16. The van der Waals surface area contributed by atoms with E-state index in [0.29, 0.717) is 12.3 Å². The van der Waals surface area contributed by atoms with E-state index in [1.807, 2.05) is 13.0 Å². The minimum absolute atomic E-state index is 0.126. The van der Waals surface area contributed by atoms with E-state index in [2.05, 4.69) is 34.7 Å². The summed E-state index contributed by atoms with van der Waals surface area (Å²) in [6.07, 6.45) is 4.02. The van der Waals surface area contributed by atoms with E-state index in [4.69, 9.17) is 4.42 Å². The molecular formula is C18H24N2O2S. The molecule has 1 amide bonds. The number of likely N-dealkylation sites (tertiary alicyclic amines) is 1. The maximum absolute atomic E-state index is 12.3. The van der Waals surface area contributed by atoms with E-state index >= 15 is 0 Å². The van der Waals surface area contributed by atoms with Crippen LogP contribution in [-0.4, -0.2) is 30.4 Å². The molecule has 1 saturated heterocycles. The summed E-state index contributed by atoms with van der Waals surface area (Å²) in [5.74, 6) is 1.09. The topological polar surface area (TPSA) is 45.5 Å². The highest BCUT2D eigenvalue weighted by atomic mass is 32.1. The first kappa shape index (κ1) is 16.3. The van der Waals surface area contributed by atoms with Crippen LogP contribution < -0.4 is 5.32 Å². The number of carbonyl (C=O) groups excluding carboxylic acids is 1. The van der Waals surface area contributed by atoms with Crippen LogP contribution in [0.5, 0.6) is 0 Å². The predicted octanol–water partition coefficient (Wildman–Crippen LogP) is 3.85. The number of aryl methyl sites for hydroxylation is 1. The monoisotopic (exact) mass is 332 g/mol. The summed E-state index contributed by atoms with van der Waals surface area (Å²) >= 11 is 1.76. The lowest BCUT2D eigenvalue weighted by Crippen LogP contribution is -2.41. The largest absolute Gasteiger partial charge is 0.459 e. The van der Waals surface area contributed by atoms with Crippen molar-refractivity contribution < 1.29 is 9.21 Å². The number of piperidine rings is 1. The van der Waals surface area contributed by atoms with E-state index in [-0.39, 0.29) is 11.9 Å². The molecule has 0 unspecified atom stereocenters. The van der Waals surface area contributed by atoms with Crippen LogP contribution in [0.4, 0.5) is 0 Å². The Morgan fingerprint density at radius 2 is 2.22 bits per heavy atom. The zero-order chi connectivity index (χ0) is 16.2. The van der Waals surface area contributed by atoms with Gasteiger partial charge in [0.15, 0.2) is 5.76 Å². The van der Waals surface area contributed by atoms with Crippen molar-refractivity contribution >= 4 is 17.2 Å². The van der Waals surface area contributed by atoms with Crippen molar-refractivity contribution in [2.24, 2.45) is 5.92 Å². The van der Waals surface area contributed by atoms with Crippen LogP contribution in [0.15, 0.2) is 34.3 Å². The van der Waals surface area contributed by atoms with E-state index in [0.717, 1.165) is 24.6 Å². The molecular weight excluding hydrogens is 308 g/mol. The highest BCUT2D eigenvalue weighted by Gasteiger charge is 2.26. The molecule has 1 aliphatic rings. The summed E-state index contributed by atoms with van der Waals surface area (Å²) in [4.78, 5) is 16.1. The van der Waals surface area contributed by atoms with Gasteiger partial charge in [-0.25, -0.2) is 0 Å². The van der Waals surface area contributed by atoms with Crippen molar-refractivity contribution in [3.63, 3.8) is 0 Å². The molecule has 1 N–H and O–H groups in total. The second-order valence-corrected chi connectivity index (χ2v) is 7.37. The van der Waals surface area contributed by atoms with Crippen molar-refractivity contribution in [2.45, 2.75) is 32.7 Å². The third kappa shape index (κ3) is 3.85. The molecule has 1 atom stereocenters. The maximum Gasteiger partial charge on any atom is 0.287 e. The molecule has 5 heteroatoms. The van der Waals surface area contributed by atoms with E-state index in [1.54, 1.807) is 17.6 Å². The SMILES string of the molecule is Cc1ccoc1C(=O)NC[C@H](c1cccs1)N1CCC(C)CC1. The maximum atomic E-state index is 12.3. The van der Waals surface area contributed by atoms with Crippen LogP contribution in [0.2, 0.25) is 0 Å². The summed E-state index contributed by atoms with van der Waals surface area (Å²) in [5.41, 5.74) is 0.877. The molecule has 3 rings (SSSR count). The van der Waals surface area contributed by atoms with Gasteiger partial charge in [0.05, 0.1) is 12.3 Å². The molecule has 0 saturated carbocycles. The third-order valence-electron chi connectivity index (χ3n) is 4.65. The first-order chi connectivity index (χ1) is 11.1. The number of amides is 1. The van der Waals surface area contributed by atoms with Crippen molar-refractivity contribution in [1.29, 1.82) is 0 Å². The van der Waals surface area contributed by atoms with Crippen LogP contribution in [0.25, 0.3) is 0 Å². The van der Waals surface area contributed by atoms with Gasteiger partial charge in [-0.05, 0) is 56.3 Å². The fraction of sp³-hybridized carbons (Fsp3) is 0.500. The van der Waals surface area contributed by atoms with Crippen LogP contribution in [-0.2, 0) is 0 Å². The predicted molar refractivity (Wildman–Crippen MR) is 92.8 cm³/mol. The van der Waals surface area contributed by atoms with Crippen molar-refractivity contribution in [3.05, 3.63) is 46.0 Å². The number of carbonyl (C=O) groups is 1. The average Bonchev–Trinajstić information content (AvgIpc) is 3.20. The van der Waals surface area contributed by atoms with Crippen molar-refractivity contribution in [1.82, 2.24) is 10.2 Å². The van der Waals surface area contributed by atoms with Gasteiger partial charge in [0.2, 0.25) is 0 Å². The molecule has 124 valence electrons. The fourth-order valence-corrected chi connectivity index (χ4v) is 3.97. The zero-order valence-electron chi connectivity index (χ0n) is 13.7. The molecule has 1 aliphatic heterocycles. The number of furan rings is 1. The minimum Gasteiger partial charge on any atom is -0.459 e. The Morgan fingerprint density at radius 3 is 2.83 bits per heavy atom. The third-order valence-corrected chi connectivity index (χ3v) is 5.63. The van der Waals surface area contributed by atoms with Gasteiger partial charge >= 0.3 is 0 Å². The van der Waals surface area contributed by atoms with Crippen LogP contribution in [0.1, 0.15) is 46.8 Å². The lowest BCUT2D eigenvalue weighted by atomic mass is 9.97. The Morgan fingerprint density at radius 1 is 1.43 bits per heavy atom. The number of nitrogens with zero attached hydrogens (tertiary/aromatic N) is 1. The van der Waals surface area contributed by atoms with Crippen LogP contribution in [0, 0.1) is 12.8 Å². The van der Waals surface area contributed by atoms with Gasteiger partial charge in [0.1, 0.15) is 0 Å². The molecule has 4 nitrogen and oxygen atoms in total. The Bertz CT molecular complexity index is 627. The molecule has 1 fully saturated rings. The van der Waals surface area contributed by atoms with Gasteiger partial charge in [0.25, 0.3) is 5.91 Å². The highest BCUT2D eigenvalue weighted by Crippen LogP contribution is 2.29. The lowest BCUT2D eigenvalue weighted by Gasteiger charge is -2.36. The van der Waals surface area contributed by atoms with Crippen LogP contribution in [0.3, 0.4) is 0 Å². The van der Waals surface area contributed by atoms with Crippen molar-refractivity contribution in [3.8, 4) is 0 Å². The molecule has 0 bridgehead atoms. The van der Waals surface area contributed by atoms with E-state index < -0.39 is 0 Å². The Hall–Kier alpha value is -1.59. The first-order valence-corrected chi connectivity index (χ1v) is 9.13. The molecule has 0 radical (unpaired) electrons. The van der Waals surface area contributed by atoms with E-state index in [1.165, 1.54) is 17.7 Å². The molecule has 0 spiro atoms. The standard InChI is InChI=1S/C18H24N2O2S/c1-13-5-8-20(9-6-13)15(16-4-3-11-23-16)12-19-18(21)17-14(2)7-10-22-17/h3-4,7,10-11,13,15H,5-6,8-9,12H2,1-2H3,(H,19,21)/t15-/m1/s1. The van der Waals surface area contributed by atoms with Gasteiger partial charge in [-0.2, -0.15) is 0 Å². The molecule has 2 aromatic rings. The van der Waals surface area contributed by atoms with Gasteiger partial charge in [-0.3, -0.25) is 9.69 Å². The molecule has 0 aromatic carbocycles. The lowest BCUT2D eigenvalue weighted by molar-refractivity contribution is 0.0887. The van der Waals surface area contributed by atoms with Gasteiger partial charge in [-0.15, -0.1) is 11.3 Å². The molecule has 2 aromatic heterocycles. The summed E-state index contributed by atoms with van der Waals surface area (Å²) in [6, 6.07) is 6.31. The Balaban J connectivity index is 1.67. The first-order valence-electron chi connectivity index (χ1n) is 8.25. The molecule has 23 heavy (non-hydrogen) atoms. The van der Waals surface area contributed by atoms with Gasteiger partial charge in [-0.1, -0.05) is 13.0 Å². The second kappa shape index (κ2) is 7.32. The average molecular weight is 332 g/mol. The normalized spacial score (nSPS) is 18.0. The quantitative estimate of drug-likeness (QED) is 0.904. The Labute approximate surface area is 141 Å². The zero-order valence-corrected chi connectivity index (χ0v) is 14.6. The van der Waals surface area contributed by atoms with Crippen LogP contribution >= 0.6 is 11.3 Å². The highest BCUT2D eigenvalue weighted by molar-refractivity contribution is 7.10.